The van der Waals surface area contributed by atoms with Crippen LogP contribution >= 0.6 is 0 Å². The van der Waals surface area contributed by atoms with E-state index in [4.69, 9.17) is 16.6 Å². The van der Waals surface area contributed by atoms with Gasteiger partial charge in [-0.15, -0.1) is 0 Å². The first kappa shape index (κ1) is 16.9. The number of rotatable bonds is 8. The number of carbonyl (C=O) groups is 2. The Labute approximate surface area is 120 Å². The summed E-state index contributed by atoms with van der Waals surface area (Å²) in [5.74, 6) is -0.135. The number of unbranched alkanes of at least 4 members (excludes halogenated alkanes) is 1. The zero-order chi connectivity index (χ0) is 15.0. The van der Waals surface area contributed by atoms with Crippen LogP contribution in [0.3, 0.4) is 0 Å². The van der Waals surface area contributed by atoms with Gasteiger partial charge >= 0.3 is 5.97 Å². The number of aliphatic carboxylic acids is 1. The van der Waals surface area contributed by atoms with Gasteiger partial charge in [-0.3, -0.25) is 9.59 Å². The van der Waals surface area contributed by atoms with Gasteiger partial charge in [-0.25, -0.2) is 0 Å². The molecule has 0 aromatic carbocycles. The molecule has 1 aliphatic carbocycles. The van der Waals surface area contributed by atoms with E-state index in [0.717, 1.165) is 38.6 Å². The molecule has 20 heavy (non-hydrogen) atoms. The van der Waals surface area contributed by atoms with Crippen LogP contribution in [0.4, 0.5) is 0 Å². The second-order valence-corrected chi connectivity index (χ2v) is 5.68. The van der Waals surface area contributed by atoms with Crippen molar-refractivity contribution in [1.82, 2.24) is 5.32 Å². The summed E-state index contributed by atoms with van der Waals surface area (Å²) in [5, 5.41) is 11.6. The van der Waals surface area contributed by atoms with Crippen LogP contribution in [0.2, 0.25) is 0 Å². The van der Waals surface area contributed by atoms with Crippen molar-refractivity contribution in [3.63, 3.8) is 0 Å². The van der Waals surface area contributed by atoms with E-state index in [1.54, 1.807) is 0 Å². The van der Waals surface area contributed by atoms with E-state index in [0.29, 0.717) is 25.3 Å². The third-order valence-corrected chi connectivity index (χ3v) is 4.11. The van der Waals surface area contributed by atoms with Crippen LogP contribution in [-0.4, -0.2) is 36.1 Å². The molecule has 0 heterocycles. The normalized spacial score (nSPS) is 24.1. The number of hydrogen-bond acceptors (Lipinski definition) is 4. The van der Waals surface area contributed by atoms with E-state index >= 15 is 0 Å². The molecule has 1 amide bonds. The number of hydrogen-bond donors (Lipinski definition) is 4. The Hall–Kier alpha value is -1.14. The highest BCUT2D eigenvalue weighted by Crippen LogP contribution is 2.28. The molecule has 1 saturated carbocycles. The topological polar surface area (TPSA) is 118 Å². The number of nitrogens with two attached hydrogens (primary N) is 2. The molecular weight excluding hydrogens is 258 g/mol. The molecule has 0 aliphatic heterocycles. The van der Waals surface area contributed by atoms with Crippen LogP contribution in [0, 0.1) is 11.8 Å². The van der Waals surface area contributed by atoms with Crippen LogP contribution < -0.4 is 16.8 Å². The zero-order valence-corrected chi connectivity index (χ0v) is 12.0. The van der Waals surface area contributed by atoms with Gasteiger partial charge in [0.05, 0.1) is 0 Å². The number of nitrogens with one attached hydrogen (secondary N) is 1. The summed E-state index contributed by atoms with van der Waals surface area (Å²) < 4.78 is 0. The highest BCUT2D eigenvalue weighted by Gasteiger charge is 2.25. The molecule has 0 aromatic heterocycles. The molecule has 0 aromatic rings. The van der Waals surface area contributed by atoms with Gasteiger partial charge < -0.3 is 21.9 Å². The summed E-state index contributed by atoms with van der Waals surface area (Å²) in [6, 6.07) is -0.794. The fourth-order valence-corrected chi connectivity index (χ4v) is 2.63. The molecule has 1 rings (SSSR count). The Balaban J connectivity index is 2.07. The Kier molecular flexibility index (Phi) is 7.54. The average Bonchev–Trinajstić information content (AvgIpc) is 2.46. The van der Waals surface area contributed by atoms with E-state index in [2.05, 4.69) is 5.32 Å². The molecule has 0 bridgehead atoms. The SMILES string of the molecule is NCC1CCC(C(=O)NCCCC[C@H](N)C(=O)O)CC1. The third-order valence-electron chi connectivity index (χ3n) is 4.11. The van der Waals surface area contributed by atoms with Gasteiger partial charge in [0, 0.05) is 12.5 Å². The summed E-state index contributed by atoms with van der Waals surface area (Å²) >= 11 is 0. The van der Waals surface area contributed by atoms with Crippen LogP contribution in [0.1, 0.15) is 44.9 Å². The van der Waals surface area contributed by atoms with Crippen molar-refractivity contribution in [2.75, 3.05) is 13.1 Å². The lowest BCUT2D eigenvalue weighted by Crippen LogP contribution is -2.35. The van der Waals surface area contributed by atoms with E-state index in [1.165, 1.54) is 0 Å². The van der Waals surface area contributed by atoms with Gasteiger partial charge in [0.1, 0.15) is 6.04 Å². The van der Waals surface area contributed by atoms with Gasteiger partial charge in [0.25, 0.3) is 0 Å². The van der Waals surface area contributed by atoms with Crippen LogP contribution in [-0.2, 0) is 9.59 Å². The Morgan fingerprint density at radius 1 is 1.20 bits per heavy atom. The third kappa shape index (κ3) is 5.88. The highest BCUT2D eigenvalue weighted by molar-refractivity contribution is 5.78. The van der Waals surface area contributed by atoms with Gasteiger partial charge in [0.15, 0.2) is 0 Å². The minimum absolute atomic E-state index is 0.124. The molecule has 6 heteroatoms. The van der Waals surface area contributed by atoms with Gasteiger partial charge in [-0.1, -0.05) is 0 Å². The average molecular weight is 285 g/mol. The first-order chi connectivity index (χ1) is 9.54. The molecule has 0 spiro atoms. The highest BCUT2D eigenvalue weighted by atomic mass is 16.4. The first-order valence-electron chi connectivity index (χ1n) is 7.50. The van der Waals surface area contributed by atoms with Crippen LogP contribution in [0.5, 0.6) is 0 Å². The molecule has 1 atom stereocenters. The lowest BCUT2D eigenvalue weighted by atomic mass is 9.81. The minimum atomic E-state index is -0.967. The van der Waals surface area contributed by atoms with Crippen molar-refractivity contribution in [2.24, 2.45) is 23.3 Å². The maximum absolute atomic E-state index is 11.9. The van der Waals surface area contributed by atoms with Crippen molar-refractivity contribution >= 4 is 11.9 Å². The molecule has 116 valence electrons. The first-order valence-corrected chi connectivity index (χ1v) is 7.50. The van der Waals surface area contributed by atoms with Gasteiger partial charge in [-0.05, 0) is 57.4 Å². The lowest BCUT2D eigenvalue weighted by molar-refractivity contribution is -0.138. The molecule has 0 radical (unpaired) electrons. The minimum Gasteiger partial charge on any atom is -0.480 e. The predicted molar refractivity (Wildman–Crippen MR) is 77.0 cm³/mol. The maximum atomic E-state index is 11.9. The maximum Gasteiger partial charge on any atom is 0.320 e. The van der Waals surface area contributed by atoms with Crippen molar-refractivity contribution < 1.29 is 14.7 Å². The van der Waals surface area contributed by atoms with Crippen LogP contribution in [0.15, 0.2) is 0 Å². The summed E-state index contributed by atoms with van der Waals surface area (Å²) in [4.78, 5) is 22.5. The van der Waals surface area contributed by atoms with E-state index < -0.39 is 12.0 Å². The number of amides is 1. The lowest BCUT2D eigenvalue weighted by Gasteiger charge is -2.26. The Morgan fingerprint density at radius 3 is 2.40 bits per heavy atom. The number of carboxylic acid groups (broad SMARTS) is 1. The quantitative estimate of drug-likeness (QED) is 0.483. The second-order valence-electron chi connectivity index (χ2n) is 5.68. The van der Waals surface area contributed by atoms with E-state index in [9.17, 15) is 9.59 Å². The second kappa shape index (κ2) is 8.92. The van der Waals surface area contributed by atoms with E-state index in [1.807, 2.05) is 0 Å². The predicted octanol–water partition coefficient (Wildman–Crippen LogP) is 0.450. The van der Waals surface area contributed by atoms with Crippen molar-refractivity contribution in [1.29, 1.82) is 0 Å². The number of carboxylic acids is 1. The van der Waals surface area contributed by atoms with Gasteiger partial charge in [0.2, 0.25) is 5.91 Å². The molecular formula is C14H27N3O3. The molecule has 6 nitrogen and oxygen atoms in total. The zero-order valence-electron chi connectivity index (χ0n) is 12.0. The fraction of sp³-hybridized carbons (Fsp3) is 0.857. The Bertz CT molecular complexity index is 315. The summed E-state index contributed by atoms with van der Waals surface area (Å²) in [6.45, 7) is 1.32. The smallest absolute Gasteiger partial charge is 0.320 e. The standard InChI is InChI=1S/C14H27N3O3/c15-9-10-4-6-11(7-5-10)13(18)17-8-2-1-3-12(16)14(19)20/h10-12H,1-9,15-16H2,(H,17,18)(H,19,20)/t10?,11?,12-/m0/s1. The number of carbonyl (C=O) groups excluding carboxylic acids is 1. The van der Waals surface area contributed by atoms with Gasteiger partial charge in [-0.2, -0.15) is 0 Å². The molecule has 1 fully saturated rings. The Morgan fingerprint density at radius 2 is 1.85 bits per heavy atom. The summed E-state index contributed by atoms with van der Waals surface area (Å²) in [6.07, 6.45) is 5.88. The van der Waals surface area contributed by atoms with Crippen molar-refractivity contribution in [3.05, 3.63) is 0 Å². The van der Waals surface area contributed by atoms with Crippen LogP contribution in [0.25, 0.3) is 0 Å². The molecule has 0 unspecified atom stereocenters. The largest absolute Gasteiger partial charge is 0.480 e. The fourth-order valence-electron chi connectivity index (χ4n) is 2.63. The molecule has 6 N–H and O–H groups in total. The van der Waals surface area contributed by atoms with Crippen molar-refractivity contribution in [3.8, 4) is 0 Å². The monoisotopic (exact) mass is 285 g/mol. The van der Waals surface area contributed by atoms with Crippen molar-refractivity contribution in [2.45, 2.75) is 51.0 Å². The summed E-state index contributed by atoms with van der Waals surface area (Å²) in [5.41, 5.74) is 11.0. The van der Waals surface area contributed by atoms with E-state index in [-0.39, 0.29) is 11.8 Å². The summed E-state index contributed by atoms with van der Waals surface area (Å²) in [7, 11) is 0. The molecule has 1 aliphatic rings. The molecule has 0 saturated heterocycles.